The second-order valence-electron chi connectivity index (χ2n) is 8.10. The first-order valence-corrected chi connectivity index (χ1v) is 12.4. The van der Waals surface area contributed by atoms with Crippen LogP contribution in [0.4, 0.5) is 23.8 Å². The number of thioether (sulfide) groups is 1. The van der Waals surface area contributed by atoms with Crippen LogP contribution in [0.5, 0.6) is 0 Å². The molecule has 0 aliphatic rings. The number of alkyl halides is 3. The third-order valence-electron chi connectivity index (χ3n) is 5.62. The first-order valence-electron chi connectivity index (χ1n) is 11.2. The van der Waals surface area contributed by atoms with E-state index in [1.165, 1.54) is 23.9 Å². The molecule has 0 aliphatic carbocycles. The fraction of sp³-hybridized carbons (Fsp3) is 0.115. The maximum Gasteiger partial charge on any atom is 0.437 e. The number of nitrogen functional groups attached to an aromatic ring is 1. The van der Waals surface area contributed by atoms with Gasteiger partial charge in [0.25, 0.3) is 0 Å². The molecule has 0 fully saturated rings. The molecule has 3 heterocycles. The highest BCUT2D eigenvalue weighted by Crippen LogP contribution is 2.37. The predicted molar refractivity (Wildman–Crippen MR) is 137 cm³/mol. The number of halogens is 3. The maximum absolute atomic E-state index is 13.5. The summed E-state index contributed by atoms with van der Waals surface area (Å²) in [6.07, 6.45) is -2.05. The second-order valence-corrected chi connectivity index (χ2v) is 8.87. The van der Waals surface area contributed by atoms with Crippen LogP contribution in [0.1, 0.15) is 11.1 Å². The van der Waals surface area contributed by atoms with Gasteiger partial charge in [0.05, 0.1) is 22.3 Å². The minimum absolute atomic E-state index is 0.000138. The highest BCUT2D eigenvalue weighted by Gasteiger charge is 2.31. The number of ether oxygens (including phenoxy) is 1. The quantitative estimate of drug-likeness (QED) is 0.213. The van der Waals surface area contributed by atoms with E-state index < -0.39 is 17.8 Å². The van der Waals surface area contributed by atoms with Crippen molar-refractivity contribution in [2.45, 2.75) is 17.9 Å². The Balaban J connectivity index is 1.67. The molecule has 2 aromatic carbocycles. The van der Waals surface area contributed by atoms with Gasteiger partial charge in [-0.2, -0.15) is 13.2 Å². The van der Waals surface area contributed by atoms with Crippen molar-refractivity contribution < 1.29 is 22.7 Å². The monoisotopic (exact) mass is 536 g/mol. The smallest absolute Gasteiger partial charge is 0.437 e. The lowest BCUT2D eigenvalue weighted by Gasteiger charge is -2.13. The van der Waals surface area contributed by atoms with Crippen LogP contribution < -0.4 is 5.73 Å². The van der Waals surface area contributed by atoms with Crippen LogP contribution in [0.15, 0.2) is 78.1 Å². The maximum atomic E-state index is 13.5. The van der Waals surface area contributed by atoms with E-state index in [2.05, 4.69) is 20.1 Å². The van der Waals surface area contributed by atoms with Crippen molar-refractivity contribution in [1.29, 1.82) is 0 Å². The van der Waals surface area contributed by atoms with Gasteiger partial charge in [-0.3, -0.25) is 0 Å². The minimum Gasteiger partial charge on any atom is -0.443 e. The molecule has 0 atom stereocenters. The second kappa shape index (κ2) is 10.1. The van der Waals surface area contributed by atoms with Crippen molar-refractivity contribution in [2.75, 3.05) is 12.0 Å². The van der Waals surface area contributed by atoms with Crippen molar-refractivity contribution in [2.24, 2.45) is 0 Å². The summed E-state index contributed by atoms with van der Waals surface area (Å²) in [4.78, 5) is 26.2. The molecule has 5 aromatic rings. The van der Waals surface area contributed by atoms with Crippen LogP contribution in [0.2, 0.25) is 0 Å². The topological polar surface area (TPSA) is 109 Å². The predicted octanol–water partition coefficient (Wildman–Crippen LogP) is 6.06. The molecule has 2 N–H and O–H groups in total. The molecular weight excluding hydrogens is 517 g/mol. The Labute approximate surface area is 218 Å². The lowest BCUT2D eigenvalue weighted by Crippen LogP contribution is -2.16. The zero-order chi connectivity index (χ0) is 26.9. The summed E-state index contributed by atoms with van der Waals surface area (Å²) in [5.41, 5.74) is 7.24. The molecule has 8 nitrogen and oxygen atoms in total. The van der Waals surface area contributed by atoms with Gasteiger partial charge in [0.1, 0.15) is 6.61 Å². The first-order chi connectivity index (χ1) is 18.2. The van der Waals surface area contributed by atoms with Gasteiger partial charge >= 0.3 is 12.3 Å². The lowest BCUT2D eigenvalue weighted by atomic mass is 10.00. The Morgan fingerprint density at radius 3 is 2.58 bits per heavy atom. The van der Waals surface area contributed by atoms with Gasteiger partial charge in [0, 0.05) is 17.3 Å². The summed E-state index contributed by atoms with van der Waals surface area (Å²) < 4.78 is 46.9. The largest absolute Gasteiger partial charge is 0.443 e. The molecule has 0 aliphatic heterocycles. The Kier molecular flexibility index (Phi) is 6.72. The molecule has 0 radical (unpaired) electrons. The summed E-state index contributed by atoms with van der Waals surface area (Å²) >= 11 is 1.31. The molecule has 192 valence electrons. The number of benzene rings is 2. The van der Waals surface area contributed by atoms with Crippen LogP contribution in [0.25, 0.3) is 33.5 Å². The highest BCUT2D eigenvalue weighted by atomic mass is 32.2. The van der Waals surface area contributed by atoms with Crippen LogP contribution in [-0.4, -0.2) is 37.1 Å². The van der Waals surface area contributed by atoms with Gasteiger partial charge in [-0.05, 0) is 36.1 Å². The molecule has 3 aromatic heterocycles. The van der Waals surface area contributed by atoms with E-state index in [0.29, 0.717) is 21.8 Å². The number of pyridine rings is 1. The van der Waals surface area contributed by atoms with Crippen molar-refractivity contribution in [3.63, 3.8) is 0 Å². The number of carbonyl (C=O) groups is 1. The van der Waals surface area contributed by atoms with E-state index in [-0.39, 0.29) is 29.3 Å². The number of carbonyl (C=O) groups excluding carboxylic acids is 1. The fourth-order valence-electron chi connectivity index (χ4n) is 3.82. The SMILES string of the molecule is CSc1nccc(-c2cc3c(N)nn(C(=O)OCc4ccccc4)c3nc2-c2cccc(C(F)(F)F)c2)n1. The zero-order valence-corrected chi connectivity index (χ0v) is 20.6. The van der Waals surface area contributed by atoms with Crippen LogP contribution in [-0.2, 0) is 17.5 Å². The number of nitrogens with two attached hydrogens (primary N) is 1. The summed E-state index contributed by atoms with van der Waals surface area (Å²) in [7, 11) is 0. The Morgan fingerprint density at radius 1 is 1.05 bits per heavy atom. The fourth-order valence-corrected chi connectivity index (χ4v) is 4.17. The van der Waals surface area contributed by atoms with Crippen molar-refractivity contribution in [3.05, 3.63) is 84.1 Å². The molecule has 0 spiro atoms. The Bertz CT molecular complexity index is 1640. The number of hydrogen-bond acceptors (Lipinski definition) is 8. The summed E-state index contributed by atoms with van der Waals surface area (Å²) in [6.45, 7) is -0.0160. The van der Waals surface area contributed by atoms with Gasteiger partial charge in [-0.1, -0.05) is 54.2 Å². The molecule has 12 heteroatoms. The third kappa shape index (κ3) is 5.02. The van der Waals surface area contributed by atoms with Crippen molar-refractivity contribution >= 4 is 34.7 Å². The molecule has 5 rings (SSSR count). The van der Waals surface area contributed by atoms with E-state index in [0.717, 1.165) is 22.4 Å². The van der Waals surface area contributed by atoms with Crippen LogP contribution in [0, 0.1) is 0 Å². The van der Waals surface area contributed by atoms with Crippen molar-refractivity contribution in [1.82, 2.24) is 24.7 Å². The summed E-state index contributed by atoms with van der Waals surface area (Å²) in [5, 5.41) is 4.88. The average molecular weight is 537 g/mol. The molecule has 0 saturated heterocycles. The molecule has 0 amide bonds. The zero-order valence-electron chi connectivity index (χ0n) is 19.8. The van der Waals surface area contributed by atoms with E-state index in [1.807, 2.05) is 18.2 Å². The summed E-state index contributed by atoms with van der Waals surface area (Å²) in [5.74, 6) is 0.000138. The normalized spacial score (nSPS) is 11.6. The van der Waals surface area contributed by atoms with E-state index in [4.69, 9.17) is 10.5 Å². The molecule has 0 unspecified atom stereocenters. The first kappa shape index (κ1) is 25.2. The molecule has 0 bridgehead atoms. The molecule has 0 saturated carbocycles. The summed E-state index contributed by atoms with van der Waals surface area (Å²) in [6, 6.07) is 17.0. The van der Waals surface area contributed by atoms with Gasteiger partial charge in [0.2, 0.25) is 0 Å². The van der Waals surface area contributed by atoms with Crippen LogP contribution >= 0.6 is 11.8 Å². The Hall–Kier alpha value is -4.45. The number of fused-ring (bicyclic) bond motifs is 1. The Morgan fingerprint density at radius 2 is 1.84 bits per heavy atom. The number of aromatic nitrogens is 5. The van der Waals surface area contributed by atoms with Crippen molar-refractivity contribution in [3.8, 4) is 22.5 Å². The highest BCUT2D eigenvalue weighted by molar-refractivity contribution is 7.98. The molecular formula is C26H19F3N6O2S. The number of nitrogens with zero attached hydrogens (tertiary/aromatic N) is 5. The van der Waals surface area contributed by atoms with Gasteiger partial charge in [0.15, 0.2) is 16.6 Å². The van der Waals surface area contributed by atoms with Crippen LogP contribution in [0.3, 0.4) is 0 Å². The van der Waals surface area contributed by atoms with E-state index in [1.54, 1.807) is 36.7 Å². The van der Waals surface area contributed by atoms with Gasteiger partial charge < -0.3 is 10.5 Å². The third-order valence-corrected chi connectivity index (χ3v) is 6.18. The van der Waals surface area contributed by atoms with Gasteiger partial charge in [-0.15, -0.1) is 9.78 Å². The lowest BCUT2D eigenvalue weighted by molar-refractivity contribution is -0.137. The molecule has 38 heavy (non-hydrogen) atoms. The number of anilines is 1. The standard InChI is InChI=1S/C26H19F3N6O2S/c1-38-24-31-11-10-20(32-24)18-13-19-22(30)34-35(25(36)37-14-15-6-3-2-4-7-15)23(19)33-21(18)16-8-5-9-17(12-16)26(27,28)29/h2-13H,14H2,1H3,(H2,30,34). The number of rotatable bonds is 5. The minimum atomic E-state index is -4.56. The van der Waals surface area contributed by atoms with Gasteiger partial charge in [-0.25, -0.2) is 19.7 Å². The number of hydrogen-bond donors (Lipinski definition) is 1. The average Bonchev–Trinajstić information content (AvgIpc) is 3.26. The van der Waals surface area contributed by atoms with E-state index >= 15 is 0 Å². The van der Waals surface area contributed by atoms with E-state index in [9.17, 15) is 18.0 Å².